The fourth-order valence-corrected chi connectivity index (χ4v) is 2.99. The molecule has 1 atom stereocenters. The van der Waals surface area contributed by atoms with Gasteiger partial charge < -0.3 is 10.6 Å². The van der Waals surface area contributed by atoms with Gasteiger partial charge in [-0.05, 0) is 31.5 Å². The highest BCUT2D eigenvalue weighted by molar-refractivity contribution is 5.75. The SMILES string of the molecule is FC(F)(F)c1cnc(NC2CCCNC2)nc1-n1nnc2ccccc21. The smallest absolute Gasteiger partial charge is 0.350 e. The lowest BCUT2D eigenvalue weighted by atomic mass is 10.1. The average molecular weight is 363 g/mol. The molecule has 0 radical (unpaired) electrons. The second-order valence-corrected chi connectivity index (χ2v) is 6.11. The van der Waals surface area contributed by atoms with Crippen molar-refractivity contribution in [3.05, 3.63) is 36.0 Å². The van der Waals surface area contributed by atoms with Gasteiger partial charge in [0.25, 0.3) is 0 Å². The Kier molecular flexibility index (Phi) is 4.19. The van der Waals surface area contributed by atoms with Crippen molar-refractivity contribution >= 4 is 17.0 Å². The van der Waals surface area contributed by atoms with Gasteiger partial charge >= 0.3 is 6.18 Å². The van der Waals surface area contributed by atoms with Gasteiger partial charge in [0.2, 0.25) is 5.95 Å². The molecule has 0 saturated carbocycles. The Bertz CT molecular complexity index is 916. The average Bonchev–Trinajstić information content (AvgIpc) is 3.05. The molecule has 3 heterocycles. The number of benzene rings is 1. The Morgan fingerprint density at radius 3 is 2.85 bits per heavy atom. The molecule has 136 valence electrons. The summed E-state index contributed by atoms with van der Waals surface area (Å²) < 4.78 is 41.5. The summed E-state index contributed by atoms with van der Waals surface area (Å²) in [6.45, 7) is 1.65. The number of aromatic nitrogens is 5. The third-order valence-electron chi connectivity index (χ3n) is 4.26. The molecule has 2 aromatic heterocycles. The van der Waals surface area contributed by atoms with E-state index in [1.807, 2.05) is 0 Å². The third kappa shape index (κ3) is 3.19. The number of piperidine rings is 1. The predicted molar refractivity (Wildman–Crippen MR) is 89.0 cm³/mol. The summed E-state index contributed by atoms with van der Waals surface area (Å²) in [5, 5.41) is 14.1. The number of anilines is 1. The number of rotatable bonds is 3. The Balaban J connectivity index is 1.78. The molecule has 1 aromatic carbocycles. The number of hydrogen-bond donors (Lipinski definition) is 2. The lowest BCUT2D eigenvalue weighted by molar-refractivity contribution is -0.138. The Labute approximate surface area is 146 Å². The molecular formula is C16H16F3N7. The minimum atomic E-state index is -4.60. The van der Waals surface area contributed by atoms with Crippen LogP contribution in [0.4, 0.5) is 19.1 Å². The van der Waals surface area contributed by atoms with Crippen molar-refractivity contribution in [3.8, 4) is 5.82 Å². The second kappa shape index (κ2) is 6.52. The summed E-state index contributed by atoms with van der Waals surface area (Å²) in [4.78, 5) is 7.97. The van der Waals surface area contributed by atoms with E-state index in [1.165, 1.54) is 0 Å². The normalized spacial score (nSPS) is 18.2. The quantitative estimate of drug-likeness (QED) is 0.744. The van der Waals surface area contributed by atoms with Crippen molar-refractivity contribution in [1.29, 1.82) is 0 Å². The highest BCUT2D eigenvalue weighted by atomic mass is 19.4. The molecule has 1 unspecified atom stereocenters. The number of para-hydroxylation sites is 1. The Hall–Kier alpha value is -2.75. The monoisotopic (exact) mass is 363 g/mol. The van der Waals surface area contributed by atoms with E-state index in [1.54, 1.807) is 24.3 Å². The zero-order valence-corrected chi connectivity index (χ0v) is 13.7. The van der Waals surface area contributed by atoms with E-state index < -0.39 is 11.7 Å². The van der Waals surface area contributed by atoms with Crippen LogP contribution < -0.4 is 10.6 Å². The van der Waals surface area contributed by atoms with Crippen molar-refractivity contribution in [2.24, 2.45) is 0 Å². The summed E-state index contributed by atoms with van der Waals surface area (Å²) in [5.74, 6) is -0.200. The van der Waals surface area contributed by atoms with E-state index >= 15 is 0 Å². The van der Waals surface area contributed by atoms with Crippen LogP contribution in [0.3, 0.4) is 0 Å². The maximum absolute atomic E-state index is 13.5. The lowest BCUT2D eigenvalue weighted by Gasteiger charge is -2.24. The van der Waals surface area contributed by atoms with E-state index in [2.05, 4.69) is 30.9 Å². The number of hydrogen-bond acceptors (Lipinski definition) is 6. The number of nitrogens with zero attached hydrogens (tertiary/aromatic N) is 5. The fourth-order valence-electron chi connectivity index (χ4n) is 2.99. The number of alkyl halides is 3. The minimum absolute atomic E-state index is 0.0702. The maximum atomic E-state index is 13.5. The first-order valence-electron chi connectivity index (χ1n) is 8.25. The molecule has 1 saturated heterocycles. The first-order chi connectivity index (χ1) is 12.5. The zero-order valence-electron chi connectivity index (χ0n) is 13.7. The molecule has 3 aromatic rings. The first-order valence-corrected chi connectivity index (χ1v) is 8.25. The van der Waals surface area contributed by atoms with Gasteiger partial charge in [-0.15, -0.1) is 5.10 Å². The molecular weight excluding hydrogens is 347 g/mol. The molecule has 0 aliphatic carbocycles. The summed E-state index contributed by atoms with van der Waals surface area (Å²) in [6.07, 6.45) is -1.93. The van der Waals surface area contributed by atoms with Crippen LogP contribution >= 0.6 is 0 Å². The molecule has 7 nitrogen and oxygen atoms in total. The topological polar surface area (TPSA) is 80.5 Å². The first kappa shape index (κ1) is 16.7. The van der Waals surface area contributed by atoms with Crippen molar-refractivity contribution < 1.29 is 13.2 Å². The summed E-state index contributed by atoms with van der Waals surface area (Å²) in [7, 11) is 0. The summed E-state index contributed by atoms with van der Waals surface area (Å²) in [6, 6.07) is 6.86. The van der Waals surface area contributed by atoms with Crippen LogP contribution in [0.25, 0.3) is 16.9 Å². The molecule has 0 spiro atoms. The number of fused-ring (bicyclic) bond motifs is 1. The zero-order chi connectivity index (χ0) is 18.1. The van der Waals surface area contributed by atoms with Gasteiger partial charge in [0.05, 0.1) is 5.52 Å². The van der Waals surface area contributed by atoms with E-state index in [9.17, 15) is 13.2 Å². The molecule has 1 fully saturated rings. The minimum Gasteiger partial charge on any atom is -0.350 e. The Morgan fingerprint density at radius 1 is 1.23 bits per heavy atom. The standard InChI is InChI=1S/C16H16F3N7/c17-16(18,19)11-9-21-15(22-10-4-3-7-20-8-10)23-14(11)26-13-6-2-1-5-12(13)24-25-26/h1-2,5-6,9-10,20H,3-4,7-8H2,(H,21,22,23). The highest BCUT2D eigenvalue weighted by Crippen LogP contribution is 2.33. The lowest BCUT2D eigenvalue weighted by Crippen LogP contribution is -2.39. The third-order valence-corrected chi connectivity index (χ3v) is 4.26. The van der Waals surface area contributed by atoms with E-state index in [4.69, 9.17) is 0 Å². The van der Waals surface area contributed by atoms with Gasteiger partial charge in [0.1, 0.15) is 11.1 Å². The molecule has 0 bridgehead atoms. The van der Waals surface area contributed by atoms with Crippen LogP contribution in [0.1, 0.15) is 18.4 Å². The van der Waals surface area contributed by atoms with Gasteiger partial charge in [0, 0.05) is 18.8 Å². The maximum Gasteiger partial charge on any atom is 0.421 e. The van der Waals surface area contributed by atoms with Crippen LogP contribution in [0.5, 0.6) is 0 Å². The second-order valence-electron chi connectivity index (χ2n) is 6.11. The van der Waals surface area contributed by atoms with Crippen molar-refractivity contribution in [1.82, 2.24) is 30.3 Å². The number of nitrogens with one attached hydrogen (secondary N) is 2. The summed E-state index contributed by atoms with van der Waals surface area (Å²) >= 11 is 0. The molecule has 0 amide bonds. The molecule has 1 aliphatic rings. The van der Waals surface area contributed by atoms with Crippen LogP contribution in [0.2, 0.25) is 0 Å². The van der Waals surface area contributed by atoms with Crippen molar-refractivity contribution in [2.45, 2.75) is 25.1 Å². The van der Waals surface area contributed by atoms with E-state index in [-0.39, 0.29) is 17.8 Å². The van der Waals surface area contributed by atoms with Gasteiger partial charge in [-0.2, -0.15) is 22.8 Å². The fraction of sp³-hybridized carbons (Fsp3) is 0.375. The van der Waals surface area contributed by atoms with Crippen LogP contribution in [-0.2, 0) is 6.18 Å². The molecule has 1 aliphatic heterocycles. The molecule has 2 N–H and O–H groups in total. The van der Waals surface area contributed by atoms with Gasteiger partial charge in [-0.3, -0.25) is 0 Å². The molecule has 26 heavy (non-hydrogen) atoms. The summed E-state index contributed by atoms with van der Waals surface area (Å²) in [5.41, 5.74) is -0.0207. The van der Waals surface area contributed by atoms with Gasteiger partial charge in [-0.25, -0.2) is 4.98 Å². The van der Waals surface area contributed by atoms with Gasteiger partial charge in [-0.1, -0.05) is 17.3 Å². The predicted octanol–water partition coefficient (Wildman–Crippen LogP) is 2.39. The highest BCUT2D eigenvalue weighted by Gasteiger charge is 2.36. The Morgan fingerprint density at radius 2 is 2.08 bits per heavy atom. The molecule has 4 rings (SSSR count). The number of halogens is 3. The largest absolute Gasteiger partial charge is 0.421 e. The van der Waals surface area contributed by atoms with Crippen molar-refractivity contribution in [2.75, 3.05) is 18.4 Å². The van der Waals surface area contributed by atoms with Crippen LogP contribution in [0, 0.1) is 0 Å². The van der Waals surface area contributed by atoms with Gasteiger partial charge in [0.15, 0.2) is 5.82 Å². The van der Waals surface area contributed by atoms with Crippen LogP contribution in [0.15, 0.2) is 30.5 Å². The van der Waals surface area contributed by atoms with Crippen LogP contribution in [-0.4, -0.2) is 44.1 Å². The van der Waals surface area contributed by atoms with E-state index in [0.29, 0.717) is 17.6 Å². The van der Waals surface area contributed by atoms with E-state index in [0.717, 1.165) is 30.3 Å². The van der Waals surface area contributed by atoms with Crippen molar-refractivity contribution in [3.63, 3.8) is 0 Å². The molecule has 10 heteroatoms.